The number of ketones is 1. The van der Waals surface area contributed by atoms with E-state index in [1.54, 1.807) is 24.3 Å². The van der Waals surface area contributed by atoms with Gasteiger partial charge in [0.1, 0.15) is 6.04 Å². The van der Waals surface area contributed by atoms with Gasteiger partial charge in [-0.05, 0) is 38.5 Å². The van der Waals surface area contributed by atoms with Gasteiger partial charge in [0.25, 0.3) is 5.91 Å². The summed E-state index contributed by atoms with van der Waals surface area (Å²) in [7, 11) is 0. The third-order valence-corrected chi connectivity index (χ3v) is 5.67. The molecule has 1 heterocycles. The number of hydrazine groups is 1. The van der Waals surface area contributed by atoms with Crippen LogP contribution in [0.4, 0.5) is 0 Å². The fraction of sp³-hybridized carbons (Fsp3) is 0.273. The van der Waals surface area contributed by atoms with Gasteiger partial charge in [0, 0.05) is 24.0 Å². The van der Waals surface area contributed by atoms with Crippen LogP contribution in [0.15, 0.2) is 42.5 Å². The molecule has 6 nitrogen and oxygen atoms in total. The molecule has 0 saturated carbocycles. The number of carbonyl (C=O) groups is 4. The van der Waals surface area contributed by atoms with Crippen LogP contribution in [0.3, 0.4) is 0 Å². The van der Waals surface area contributed by atoms with Gasteiger partial charge >= 0.3 is 0 Å². The number of Topliss-reactive ketones (excluding diaryl/α,β-unsaturated/α-hetero) is 1. The zero-order valence-corrected chi connectivity index (χ0v) is 18.0. The number of amides is 3. The molecule has 3 amide bonds. The standard InChI is InChI=1S/C22H20Cl2N2O4/c1-13-6-8-15(9-7-13)21(29)14(2)25(26-19(27)4-3-5-20(26)28)22(30)16-10-11-17(23)18(24)12-16/h6-12,14H,3-5H2,1-2H3/t14-/m0/s1. The van der Waals surface area contributed by atoms with E-state index in [2.05, 4.69) is 0 Å². The lowest BCUT2D eigenvalue weighted by Gasteiger charge is -2.38. The summed E-state index contributed by atoms with van der Waals surface area (Å²) in [4.78, 5) is 51.6. The number of carbonyl (C=O) groups excluding carboxylic acids is 4. The molecular formula is C22H20Cl2N2O4. The molecule has 1 saturated heterocycles. The monoisotopic (exact) mass is 446 g/mol. The van der Waals surface area contributed by atoms with Crippen molar-refractivity contribution in [3.05, 3.63) is 69.2 Å². The second-order valence-electron chi connectivity index (χ2n) is 7.14. The molecule has 2 aromatic carbocycles. The Kier molecular flexibility index (Phi) is 6.58. The normalized spacial score (nSPS) is 15.1. The van der Waals surface area contributed by atoms with E-state index in [0.29, 0.717) is 12.0 Å². The van der Waals surface area contributed by atoms with E-state index in [1.165, 1.54) is 25.1 Å². The number of imide groups is 1. The van der Waals surface area contributed by atoms with Crippen molar-refractivity contribution in [1.82, 2.24) is 10.0 Å². The quantitative estimate of drug-likeness (QED) is 0.501. The highest BCUT2D eigenvalue weighted by atomic mass is 35.5. The van der Waals surface area contributed by atoms with Crippen LogP contribution in [-0.4, -0.2) is 39.6 Å². The molecule has 0 N–H and O–H groups in total. The Bertz CT molecular complexity index is 1000. The highest BCUT2D eigenvalue weighted by Gasteiger charge is 2.40. The Morgan fingerprint density at radius 2 is 1.50 bits per heavy atom. The lowest BCUT2D eigenvalue weighted by atomic mass is 10.0. The summed E-state index contributed by atoms with van der Waals surface area (Å²) in [5.74, 6) is -2.13. The van der Waals surface area contributed by atoms with Crippen molar-refractivity contribution < 1.29 is 19.2 Å². The van der Waals surface area contributed by atoms with E-state index in [1.807, 2.05) is 6.92 Å². The number of hydrogen-bond donors (Lipinski definition) is 0. The van der Waals surface area contributed by atoms with Gasteiger partial charge in [0.15, 0.2) is 5.78 Å². The molecule has 8 heteroatoms. The summed E-state index contributed by atoms with van der Waals surface area (Å²) >= 11 is 12.0. The van der Waals surface area contributed by atoms with Crippen LogP contribution in [0.5, 0.6) is 0 Å². The Morgan fingerprint density at radius 3 is 2.07 bits per heavy atom. The minimum absolute atomic E-state index is 0.110. The van der Waals surface area contributed by atoms with Crippen LogP contribution in [0.2, 0.25) is 10.0 Å². The van der Waals surface area contributed by atoms with Crippen molar-refractivity contribution in [2.24, 2.45) is 0 Å². The highest BCUT2D eigenvalue weighted by molar-refractivity contribution is 6.42. The predicted molar refractivity (Wildman–Crippen MR) is 113 cm³/mol. The maximum atomic E-state index is 13.4. The molecule has 1 aliphatic rings. The smallest absolute Gasteiger partial charge is 0.273 e. The Labute approximate surface area is 184 Å². The van der Waals surface area contributed by atoms with Crippen molar-refractivity contribution in [3.8, 4) is 0 Å². The predicted octanol–water partition coefficient (Wildman–Crippen LogP) is 4.47. The van der Waals surface area contributed by atoms with Crippen LogP contribution >= 0.6 is 23.2 Å². The van der Waals surface area contributed by atoms with E-state index in [9.17, 15) is 19.2 Å². The van der Waals surface area contributed by atoms with Crippen molar-refractivity contribution in [3.63, 3.8) is 0 Å². The topological polar surface area (TPSA) is 74.8 Å². The summed E-state index contributed by atoms with van der Waals surface area (Å²) in [6.07, 6.45) is 0.633. The van der Waals surface area contributed by atoms with E-state index in [-0.39, 0.29) is 28.5 Å². The largest absolute Gasteiger partial charge is 0.292 e. The summed E-state index contributed by atoms with van der Waals surface area (Å²) in [5, 5.41) is 2.14. The van der Waals surface area contributed by atoms with Gasteiger partial charge in [0.2, 0.25) is 11.8 Å². The molecule has 156 valence electrons. The number of rotatable bonds is 5. The van der Waals surface area contributed by atoms with E-state index in [0.717, 1.165) is 15.6 Å². The maximum absolute atomic E-state index is 13.4. The maximum Gasteiger partial charge on any atom is 0.273 e. The highest BCUT2D eigenvalue weighted by Crippen LogP contribution is 2.26. The third-order valence-electron chi connectivity index (χ3n) is 4.93. The van der Waals surface area contributed by atoms with Gasteiger partial charge in [-0.25, -0.2) is 5.01 Å². The summed E-state index contributed by atoms with van der Waals surface area (Å²) in [5.41, 5.74) is 1.46. The van der Waals surface area contributed by atoms with Crippen molar-refractivity contribution >= 4 is 46.7 Å². The zero-order valence-electron chi connectivity index (χ0n) is 16.5. The van der Waals surface area contributed by atoms with Crippen LogP contribution in [0.25, 0.3) is 0 Å². The van der Waals surface area contributed by atoms with E-state index >= 15 is 0 Å². The molecule has 0 spiro atoms. The summed E-state index contributed by atoms with van der Waals surface area (Å²) < 4.78 is 0. The Balaban J connectivity index is 2.04. The first-order valence-electron chi connectivity index (χ1n) is 9.46. The van der Waals surface area contributed by atoms with Crippen molar-refractivity contribution in [1.29, 1.82) is 0 Å². The lowest BCUT2D eigenvalue weighted by Crippen LogP contribution is -2.59. The molecule has 3 rings (SSSR count). The van der Waals surface area contributed by atoms with Gasteiger partial charge < -0.3 is 0 Å². The second-order valence-corrected chi connectivity index (χ2v) is 7.95. The average molecular weight is 447 g/mol. The number of hydrogen-bond acceptors (Lipinski definition) is 4. The molecule has 2 aromatic rings. The van der Waals surface area contributed by atoms with Crippen molar-refractivity contribution in [2.45, 2.75) is 39.2 Å². The SMILES string of the molecule is Cc1ccc(C(=O)[C@H](C)N(C(=O)c2ccc(Cl)c(Cl)c2)N2C(=O)CCCC2=O)cc1. The summed E-state index contributed by atoms with van der Waals surface area (Å²) in [6, 6.07) is 9.99. The fourth-order valence-electron chi connectivity index (χ4n) is 3.25. The minimum atomic E-state index is -1.10. The van der Waals surface area contributed by atoms with E-state index in [4.69, 9.17) is 23.2 Å². The van der Waals surface area contributed by atoms with Gasteiger partial charge in [-0.1, -0.05) is 53.0 Å². The lowest BCUT2D eigenvalue weighted by molar-refractivity contribution is -0.165. The first-order valence-corrected chi connectivity index (χ1v) is 10.2. The fourth-order valence-corrected chi connectivity index (χ4v) is 3.55. The number of halogens is 2. The number of piperidine rings is 1. The van der Waals surface area contributed by atoms with Gasteiger partial charge in [-0.3, -0.25) is 19.2 Å². The van der Waals surface area contributed by atoms with Crippen molar-refractivity contribution in [2.75, 3.05) is 0 Å². The number of benzene rings is 2. The molecule has 0 bridgehead atoms. The number of nitrogens with zero attached hydrogens (tertiary/aromatic N) is 2. The first kappa shape index (κ1) is 22.0. The molecule has 0 radical (unpaired) electrons. The van der Waals surface area contributed by atoms with Crippen LogP contribution in [0.1, 0.15) is 52.5 Å². The Morgan fingerprint density at radius 1 is 0.933 bits per heavy atom. The molecule has 1 atom stereocenters. The van der Waals surface area contributed by atoms with Crippen LogP contribution < -0.4 is 0 Å². The minimum Gasteiger partial charge on any atom is -0.292 e. The van der Waals surface area contributed by atoms with E-state index < -0.39 is 29.5 Å². The molecule has 0 aliphatic carbocycles. The molecule has 30 heavy (non-hydrogen) atoms. The zero-order chi connectivity index (χ0) is 22.0. The second kappa shape index (κ2) is 8.98. The molecule has 0 aromatic heterocycles. The van der Waals surface area contributed by atoms with Crippen LogP contribution in [0, 0.1) is 6.92 Å². The Hall–Kier alpha value is -2.70. The van der Waals surface area contributed by atoms with Gasteiger partial charge in [-0.2, -0.15) is 5.01 Å². The van der Waals surface area contributed by atoms with Gasteiger partial charge in [-0.15, -0.1) is 0 Å². The first-order chi connectivity index (χ1) is 14.2. The average Bonchev–Trinajstić information content (AvgIpc) is 2.72. The summed E-state index contributed by atoms with van der Waals surface area (Å²) in [6.45, 7) is 3.38. The molecular weight excluding hydrogens is 427 g/mol. The van der Waals surface area contributed by atoms with Crippen LogP contribution in [-0.2, 0) is 9.59 Å². The number of aryl methyl sites for hydroxylation is 1. The molecule has 0 unspecified atom stereocenters. The molecule has 1 fully saturated rings. The molecule has 1 aliphatic heterocycles. The third kappa shape index (κ3) is 4.40. The van der Waals surface area contributed by atoms with Gasteiger partial charge in [0.05, 0.1) is 10.0 Å².